The van der Waals surface area contributed by atoms with Gasteiger partial charge in [-0.3, -0.25) is 0 Å². The number of aryl methyl sites for hydroxylation is 2. The second-order valence-corrected chi connectivity index (χ2v) is 4.83. The van der Waals surface area contributed by atoms with Crippen molar-refractivity contribution in [3.05, 3.63) is 51.9 Å². The minimum Gasteiger partial charge on any atom is -0.486 e. The van der Waals surface area contributed by atoms with Crippen molar-refractivity contribution in [2.45, 2.75) is 26.9 Å². The van der Waals surface area contributed by atoms with Gasteiger partial charge in [0.05, 0.1) is 0 Å². The van der Waals surface area contributed by atoms with Crippen LogP contribution in [0.1, 0.15) is 34.4 Å². The first kappa shape index (κ1) is 14.5. The van der Waals surface area contributed by atoms with Gasteiger partial charge in [-0.05, 0) is 43.2 Å². The van der Waals surface area contributed by atoms with Gasteiger partial charge in [0.15, 0.2) is 0 Å². The quantitative estimate of drug-likeness (QED) is 0.902. The summed E-state index contributed by atoms with van der Waals surface area (Å²) < 4.78 is 10.8. The Morgan fingerprint density at radius 3 is 2.75 bits per heavy atom. The summed E-state index contributed by atoms with van der Waals surface area (Å²) in [5.74, 6) is 0.0348. The van der Waals surface area contributed by atoms with Crippen LogP contribution in [0.3, 0.4) is 0 Å². The van der Waals surface area contributed by atoms with E-state index in [-0.39, 0.29) is 12.4 Å². The number of hydrogen-bond donors (Lipinski definition) is 1. The van der Waals surface area contributed by atoms with E-state index in [0.717, 1.165) is 12.0 Å². The fourth-order valence-electron chi connectivity index (χ4n) is 1.90. The molecule has 5 heteroatoms. The predicted octanol–water partition coefficient (Wildman–Crippen LogP) is 4.08. The van der Waals surface area contributed by atoms with Gasteiger partial charge in [-0.25, -0.2) is 4.79 Å². The number of aromatic carboxylic acids is 1. The highest BCUT2D eigenvalue weighted by molar-refractivity contribution is 6.31. The lowest BCUT2D eigenvalue weighted by Crippen LogP contribution is -1.96. The van der Waals surface area contributed by atoms with Gasteiger partial charge < -0.3 is 14.3 Å². The van der Waals surface area contributed by atoms with Crippen LogP contribution in [-0.4, -0.2) is 11.1 Å². The first-order valence-electron chi connectivity index (χ1n) is 6.25. The number of carbonyl (C=O) groups is 1. The van der Waals surface area contributed by atoms with Crippen LogP contribution in [0.5, 0.6) is 5.75 Å². The summed E-state index contributed by atoms with van der Waals surface area (Å²) in [5, 5.41) is 9.62. The van der Waals surface area contributed by atoms with Crippen molar-refractivity contribution in [2.24, 2.45) is 0 Å². The molecule has 0 aliphatic carbocycles. The Morgan fingerprint density at radius 2 is 2.15 bits per heavy atom. The van der Waals surface area contributed by atoms with E-state index in [4.69, 9.17) is 25.9 Å². The number of benzene rings is 1. The zero-order chi connectivity index (χ0) is 14.7. The molecule has 4 nitrogen and oxygen atoms in total. The molecule has 2 rings (SSSR count). The minimum atomic E-state index is -1.08. The highest BCUT2D eigenvalue weighted by Crippen LogP contribution is 2.24. The molecule has 1 heterocycles. The predicted molar refractivity (Wildman–Crippen MR) is 75.6 cm³/mol. The highest BCUT2D eigenvalue weighted by atomic mass is 35.5. The molecule has 20 heavy (non-hydrogen) atoms. The molecule has 0 unspecified atom stereocenters. The lowest BCUT2D eigenvalue weighted by Gasteiger charge is -2.07. The van der Waals surface area contributed by atoms with Gasteiger partial charge in [-0.1, -0.05) is 18.5 Å². The fraction of sp³-hybridized carbons (Fsp3) is 0.267. The van der Waals surface area contributed by atoms with Gasteiger partial charge in [0.25, 0.3) is 0 Å². The molecule has 1 N–H and O–H groups in total. The zero-order valence-electron chi connectivity index (χ0n) is 11.3. The molecular formula is C15H15ClO4. The molecule has 0 fully saturated rings. The smallest absolute Gasteiger partial charge is 0.372 e. The summed E-state index contributed by atoms with van der Waals surface area (Å²) in [6, 6.07) is 7.09. The molecule has 0 radical (unpaired) electrons. The summed E-state index contributed by atoms with van der Waals surface area (Å²) in [4.78, 5) is 10.9. The van der Waals surface area contributed by atoms with Crippen LogP contribution in [0.25, 0.3) is 0 Å². The third-order valence-electron chi connectivity index (χ3n) is 2.94. The molecular weight excluding hydrogens is 280 g/mol. The molecule has 0 bridgehead atoms. The van der Waals surface area contributed by atoms with Crippen LogP contribution in [0, 0.1) is 6.92 Å². The largest absolute Gasteiger partial charge is 0.486 e. The molecule has 0 atom stereocenters. The van der Waals surface area contributed by atoms with Crippen molar-refractivity contribution in [1.29, 1.82) is 0 Å². The fourth-order valence-corrected chi connectivity index (χ4v) is 2.15. The number of ether oxygens (including phenoxy) is 1. The molecule has 0 saturated carbocycles. The maximum Gasteiger partial charge on any atom is 0.372 e. The van der Waals surface area contributed by atoms with Gasteiger partial charge in [-0.2, -0.15) is 0 Å². The average molecular weight is 295 g/mol. The molecule has 106 valence electrons. The van der Waals surface area contributed by atoms with Gasteiger partial charge in [0.1, 0.15) is 18.1 Å². The third-order valence-corrected chi connectivity index (χ3v) is 3.31. The van der Waals surface area contributed by atoms with E-state index in [1.165, 1.54) is 0 Å². The molecule has 1 aromatic heterocycles. The second-order valence-electron chi connectivity index (χ2n) is 4.43. The molecule has 0 spiro atoms. The Morgan fingerprint density at radius 1 is 1.40 bits per heavy atom. The van der Waals surface area contributed by atoms with Gasteiger partial charge in [-0.15, -0.1) is 0 Å². The number of carboxylic acids is 1. The maximum absolute atomic E-state index is 10.9. The van der Waals surface area contributed by atoms with E-state index in [1.54, 1.807) is 25.1 Å². The van der Waals surface area contributed by atoms with Crippen LogP contribution in [0.15, 0.2) is 28.7 Å². The minimum absolute atomic E-state index is 0.0473. The third kappa shape index (κ3) is 3.14. The Kier molecular flexibility index (Phi) is 4.35. The van der Waals surface area contributed by atoms with Crippen LogP contribution in [-0.2, 0) is 13.0 Å². The van der Waals surface area contributed by atoms with E-state index in [9.17, 15) is 4.79 Å². The van der Waals surface area contributed by atoms with Crippen molar-refractivity contribution in [1.82, 2.24) is 0 Å². The first-order valence-corrected chi connectivity index (χ1v) is 6.63. The van der Waals surface area contributed by atoms with E-state index in [0.29, 0.717) is 22.1 Å². The number of furan rings is 1. The topological polar surface area (TPSA) is 59.7 Å². The Hall–Kier alpha value is -1.94. The summed E-state index contributed by atoms with van der Waals surface area (Å²) in [6.45, 7) is 3.88. The maximum atomic E-state index is 10.9. The van der Waals surface area contributed by atoms with Crippen molar-refractivity contribution >= 4 is 17.6 Å². The van der Waals surface area contributed by atoms with Crippen LogP contribution in [0.2, 0.25) is 5.02 Å². The molecule has 0 aliphatic rings. The zero-order valence-corrected chi connectivity index (χ0v) is 12.0. The summed E-state index contributed by atoms with van der Waals surface area (Å²) in [5.41, 5.74) is 1.59. The number of rotatable bonds is 5. The Bertz CT molecular complexity index is 631. The van der Waals surface area contributed by atoms with Crippen molar-refractivity contribution in [2.75, 3.05) is 0 Å². The molecule has 2 aromatic rings. The Balaban J connectivity index is 2.09. The molecule has 1 aromatic carbocycles. The second kappa shape index (κ2) is 6.01. The summed E-state index contributed by atoms with van der Waals surface area (Å²) in [6.07, 6.45) is 0.819. The van der Waals surface area contributed by atoms with E-state index in [2.05, 4.69) is 0 Å². The van der Waals surface area contributed by atoms with Crippen molar-refractivity contribution < 1.29 is 19.1 Å². The number of hydrogen-bond acceptors (Lipinski definition) is 3. The molecule has 0 amide bonds. The average Bonchev–Trinajstić information content (AvgIpc) is 2.79. The number of halogens is 1. The number of carboxylic acid groups (broad SMARTS) is 1. The van der Waals surface area contributed by atoms with Gasteiger partial charge in [0, 0.05) is 10.6 Å². The highest BCUT2D eigenvalue weighted by Gasteiger charge is 2.14. The summed E-state index contributed by atoms with van der Waals surface area (Å²) >= 11 is 6.03. The first-order chi connectivity index (χ1) is 9.51. The standard InChI is InChI=1S/C15H15ClO4/c1-3-10-7-11(4-5-13(10)16)19-8-12-6-9(2)14(20-12)15(17)18/h4-7H,3,8H2,1-2H3,(H,17,18). The monoisotopic (exact) mass is 294 g/mol. The molecule has 0 saturated heterocycles. The molecule has 0 aliphatic heterocycles. The van der Waals surface area contributed by atoms with E-state index < -0.39 is 5.97 Å². The van der Waals surface area contributed by atoms with Crippen molar-refractivity contribution in [3.8, 4) is 5.75 Å². The summed E-state index contributed by atoms with van der Waals surface area (Å²) in [7, 11) is 0. The normalized spacial score (nSPS) is 10.6. The van der Waals surface area contributed by atoms with E-state index >= 15 is 0 Å². The van der Waals surface area contributed by atoms with Crippen molar-refractivity contribution in [3.63, 3.8) is 0 Å². The van der Waals surface area contributed by atoms with Crippen LogP contribution in [0.4, 0.5) is 0 Å². The van der Waals surface area contributed by atoms with Crippen LogP contribution < -0.4 is 4.74 Å². The lowest BCUT2D eigenvalue weighted by molar-refractivity contribution is 0.0657. The van der Waals surface area contributed by atoms with E-state index in [1.807, 2.05) is 13.0 Å². The van der Waals surface area contributed by atoms with Gasteiger partial charge in [0.2, 0.25) is 5.76 Å². The SMILES string of the molecule is CCc1cc(OCc2cc(C)c(C(=O)O)o2)ccc1Cl. The van der Waals surface area contributed by atoms with Crippen LogP contribution >= 0.6 is 11.6 Å². The lowest BCUT2D eigenvalue weighted by atomic mass is 10.1. The Labute approximate surface area is 121 Å². The van der Waals surface area contributed by atoms with Gasteiger partial charge >= 0.3 is 5.97 Å².